The zero-order valence-corrected chi connectivity index (χ0v) is 17.6. The number of rotatable bonds is 4. The molecule has 0 N–H and O–H groups in total. The van der Waals surface area contributed by atoms with Gasteiger partial charge < -0.3 is 43.2 Å². The summed E-state index contributed by atoms with van der Waals surface area (Å²) in [5.41, 5.74) is 0.915. The smallest absolute Gasteiger partial charge is 0.231 e. The predicted octanol–water partition coefficient (Wildman–Crippen LogP) is 1.59. The molecule has 0 bridgehead atoms. The van der Waals surface area contributed by atoms with E-state index in [0.29, 0.717) is 44.2 Å². The molecular formula is C22H28NO8-. The van der Waals surface area contributed by atoms with Crippen molar-refractivity contribution in [2.24, 2.45) is 0 Å². The van der Waals surface area contributed by atoms with Crippen molar-refractivity contribution in [1.82, 2.24) is 4.90 Å². The zero-order valence-electron chi connectivity index (χ0n) is 17.6. The largest absolute Gasteiger partial charge is 0.530 e. The molecule has 4 atom stereocenters. The topological polar surface area (TPSA) is 98.8 Å². The quantitative estimate of drug-likeness (QED) is 0.705. The number of ether oxygens (including phenoxy) is 6. The highest BCUT2D eigenvalue weighted by atomic mass is 16.7. The molecule has 4 aliphatic rings. The Balaban J connectivity index is 1.50. The SMILES string of the molecule is CN(C(=O)[O-])C1C(OC2CCCCO2)CC2(CC1c1ccc3c(c1)OCO3)OCCO2. The van der Waals surface area contributed by atoms with Crippen molar-refractivity contribution in [2.45, 2.75) is 62.2 Å². The Morgan fingerprint density at radius 3 is 2.68 bits per heavy atom. The highest BCUT2D eigenvalue weighted by Crippen LogP contribution is 2.48. The van der Waals surface area contributed by atoms with Crippen LogP contribution in [0.25, 0.3) is 0 Å². The van der Waals surface area contributed by atoms with Crippen LogP contribution in [-0.4, -0.2) is 68.9 Å². The summed E-state index contributed by atoms with van der Waals surface area (Å²) in [6, 6.07) is 5.21. The number of carbonyl (C=O) groups is 1. The van der Waals surface area contributed by atoms with Gasteiger partial charge in [-0.15, -0.1) is 0 Å². The van der Waals surface area contributed by atoms with E-state index in [0.717, 1.165) is 24.8 Å². The van der Waals surface area contributed by atoms with Crippen molar-refractivity contribution in [2.75, 3.05) is 33.7 Å². The maximum absolute atomic E-state index is 11.9. The second-order valence-electron chi connectivity index (χ2n) is 8.57. The fourth-order valence-corrected chi connectivity index (χ4v) is 5.20. The third kappa shape index (κ3) is 4.07. The summed E-state index contributed by atoms with van der Waals surface area (Å²) < 4.78 is 35.3. The van der Waals surface area contributed by atoms with Crippen molar-refractivity contribution in [3.63, 3.8) is 0 Å². The van der Waals surface area contributed by atoms with Gasteiger partial charge in [-0.2, -0.15) is 0 Å². The molecule has 5 rings (SSSR count). The standard InChI is InChI=1S/C22H29NO8/c1-23(21(24)25)20-15(14-5-6-16-17(10-14)28-13-27-16)11-22(29-8-9-30-22)12-18(20)31-19-4-2-3-7-26-19/h5-6,10,15,18-20H,2-4,7-9,11-13H2,1H3,(H,24,25)/p-1. The first-order valence-corrected chi connectivity index (χ1v) is 10.9. The van der Waals surface area contributed by atoms with Crippen LogP contribution in [0.3, 0.4) is 0 Å². The van der Waals surface area contributed by atoms with Gasteiger partial charge in [-0.1, -0.05) is 6.07 Å². The van der Waals surface area contributed by atoms with Crippen LogP contribution in [-0.2, 0) is 18.9 Å². The van der Waals surface area contributed by atoms with Gasteiger partial charge in [-0.3, -0.25) is 0 Å². The molecule has 3 aliphatic heterocycles. The van der Waals surface area contributed by atoms with Gasteiger partial charge in [-0.05, 0) is 37.0 Å². The molecule has 1 spiro atoms. The summed E-state index contributed by atoms with van der Waals surface area (Å²) >= 11 is 0. The van der Waals surface area contributed by atoms with E-state index in [1.807, 2.05) is 18.2 Å². The van der Waals surface area contributed by atoms with Crippen LogP contribution in [0.4, 0.5) is 4.79 Å². The number of nitrogens with zero attached hydrogens (tertiary/aromatic N) is 1. The lowest BCUT2D eigenvalue weighted by Crippen LogP contribution is -2.60. The lowest BCUT2D eigenvalue weighted by atomic mass is 9.74. The summed E-state index contributed by atoms with van der Waals surface area (Å²) in [6.45, 7) is 1.82. The third-order valence-corrected chi connectivity index (χ3v) is 6.67. The Bertz CT molecular complexity index is 805. The molecule has 1 saturated carbocycles. The number of fused-ring (bicyclic) bond motifs is 1. The van der Waals surface area contributed by atoms with Gasteiger partial charge in [0.05, 0.1) is 25.4 Å². The normalized spacial score (nSPS) is 31.6. The van der Waals surface area contributed by atoms with Crippen molar-refractivity contribution in [3.05, 3.63) is 23.8 Å². The molecule has 1 amide bonds. The molecule has 2 saturated heterocycles. The third-order valence-electron chi connectivity index (χ3n) is 6.67. The van der Waals surface area contributed by atoms with Crippen molar-refractivity contribution < 1.29 is 38.3 Å². The Morgan fingerprint density at radius 2 is 1.94 bits per heavy atom. The number of carbonyl (C=O) groups excluding carboxylic acids is 1. The minimum absolute atomic E-state index is 0.173. The molecule has 0 radical (unpaired) electrons. The molecule has 1 aromatic carbocycles. The Labute approximate surface area is 181 Å². The molecule has 3 fully saturated rings. The van der Waals surface area contributed by atoms with Crippen molar-refractivity contribution in [3.8, 4) is 11.5 Å². The van der Waals surface area contributed by atoms with Gasteiger partial charge in [0, 0.05) is 32.4 Å². The van der Waals surface area contributed by atoms with Crippen LogP contribution >= 0.6 is 0 Å². The van der Waals surface area contributed by atoms with Gasteiger partial charge in [0.15, 0.2) is 23.6 Å². The number of hydrogen-bond donors (Lipinski definition) is 0. The fraction of sp³-hybridized carbons (Fsp3) is 0.682. The first kappa shape index (κ1) is 20.8. The minimum Gasteiger partial charge on any atom is -0.530 e. The summed E-state index contributed by atoms with van der Waals surface area (Å²) in [5, 5.41) is 11.9. The van der Waals surface area contributed by atoms with E-state index in [2.05, 4.69) is 0 Å². The van der Waals surface area contributed by atoms with Crippen LogP contribution in [0.5, 0.6) is 11.5 Å². The second kappa shape index (κ2) is 8.46. The van der Waals surface area contributed by atoms with Gasteiger partial charge in [0.25, 0.3) is 0 Å². The molecule has 0 aromatic heterocycles. The molecule has 3 heterocycles. The number of amides is 1. The van der Waals surface area contributed by atoms with Crippen LogP contribution < -0.4 is 14.6 Å². The summed E-state index contributed by atoms with van der Waals surface area (Å²) in [6.07, 6.45) is 1.63. The lowest BCUT2D eigenvalue weighted by molar-refractivity contribution is -0.284. The number of likely N-dealkylation sites (N-methyl/N-ethyl adjacent to an activating group) is 1. The summed E-state index contributed by atoms with van der Waals surface area (Å²) in [4.78, 5) is 13.2. The van der Waals surface area contributed by atoms with Gasteiger partial charge >= 0.3 is 0 Å². The van der Waals surface area contributed by atoms with Crippen LogP contribution in [0, 0.1) is 0 Å². The average molecular weight is 434 g/mol. The van der Waals surface area contributed by atoms with E-state index in [-0.39, 0.29) is 19.0 Å². The molecule has 170 valence electrons. The van der Waals surface area contributed by atoms with Gasteiger partial charge in [0.1, 0.15) is 6.09 Å². The van der Waals surface area contributed by atoms with E-state index < -0.39 is 24.0 Å². The van der Waals surface area contributed by atoms with Crippen LogP contribution in [0.1, 0.15) is 43.6 Å². The van der Waals surface area contributed by atoms with Crippen LogP contribution in [0.2, 0.25) is 0 Å². The minimum atomic E-state index is -1.25. The summed E-state index contributed by atoms with van der Waals surface area (Å²) in [7, 11) is 1.53. The van der Waals surface area contributed by atoms with Crippen LogP contribution in [0.15, 0.2) is 18.2 Å². The maximum atomic E-state index is 11.9. The molecule has 1 aliphatic carbocycles. The predicted molar refractivity (Wildman–Crippen MR) is 105 cm³/mol. The average Bonchev–Trinajstić information content (AvgIpc) is 3.42. The molecule has 1 aromatic rings. The molecule has 9 nitrogen and oxygen atoms in total. The molecule has 31 heavy (non-hydrogen) atoms. The molecular weight excluding hydrogens is 406 g/mol. The molecule has 4 unspecified atom stereocenters. The molecule has 9 heteroatoms. The van der Waals surface area contributed by atoms with E-state index >= 15 is 0 Å². The van der Waals surface area contributed by atoms with Crippen molar-refractivity contribution in [1.29, 1.82) is 0 Å². The first-order chi connectivity index (χ1) is 15.0. The first-order valence-electron chi connectivity index (χ1n) is 10.9. The van der Waals surface area contributed by atoms with Crippen molar-refractivity contribution >= 4 is 6.09 Å². The fourth-order valence-electron chi connectivity index (χ4n) is 5.20. The Kier molecular flexibility index (Phi) is 5.68. The second-order valence-corrected chi connectivity index (χ2v) is 8.57. The monoisotopic (exact) mass is 434 g/mol. The number of hydrogen-bond acceptors (Lipinski definition) is 8. The Hall–Kier alpha value is -2.07. The van der Waals surface area contributed by atoms with E-state index in [1.165, 1.54) is 11.9 Å². The lowest BCUT2D eigenvalue weighted by Gasteiger charge is -2.50. The van der Waals surface area contributed by atoms with E-state index in [4.69, 9.17) is 28.4 Å². The highest BCUT2D eigenvalue weighted by molar-refractivity contribution is 5.63. The number of carboxylic acid groups (broad SMARTS) is 1. The van der Waals surface area contributed by atoms with Gasteiger partial charge in [-0.25, -0.2) is 0 Å². The zero-order chi connectivity index (χ0) is 21.4. The highest BCUT2D eigenvalue weighted by Gasteiger charge is 2.52. The van der Waals surface area contributed by atoms with Gasteiger partial charge in [0.2, 0.25) is 6.79 Å². The van der Waals surface area contributed by atoms with E-state index in [1.54, 1.807) is 0 Å². The van der Waals surface area contributed by atoms with E-state index in [9.17, 15) is 9.90 Å². The Morgan fingerprint density at radius 1 is 1.13 bits per heavy atom. The maximum Gasteiger partial charge on any atom is 0.231 e. The summed E-state index contributed by atoms with van der Waals surface area (Å²) in [5.74, 6) is 0.255. The number of benzene rings is 1.